The van der Waals surface area contributed by atoms with Crippen LogP contribution in [0.4, 0.5) is 0 Å². The van der Waals surface area contributed by atoms with Crippen molar-refractivity contribution >= 4 is 5.78 Å². The molecule has 1 aromatic heterocycles. The fourth-order valence-corrected chi connectivity index (χ4v) is 1.48. The molecule has 15 heavy (non-hydrogen) atoms. The highest BCUT2D eigenvalue weighted by atomic mass is 16.1. The Balaban J connectivity index is 2.46. The van der Waals surface area contributed by atoms with Crippen LogP contribution in [0.5, 0.6) is 0 Å². The summed E-state index contributed by atoms with van der Waals surface area (Å²) in [5.74, 6) is 0.0218. The van der Waals surface area contributed by atoms with Crippen molar-refractivity contribution in [2.45, 2.75) is 38.6 Å². The molecule has 0 aliphatic carbocycles. The molecule has 1 aromatic rings. The lowest BCUT2D eigenvalue weighted by atomic mass is 10.0. The van der Waals surface area contributed by atoms with Crippen molar-refractivity contribution in [1.82, 2.24) is 4.98 Å². The molecule has 3 heteroatoms. The second-order valence-corrected chi connectivity index (χ2v) is 3.70. The number of nitrogens with zero attached hydrogens (tertiary/aromatic N) is 1. The van der Waals surface area contributed by atoms with Gasteiger partial charge in [-0.25, -0.2) is 0 Å². The molecule has 1 rings (SSSR count). The number of ketones is 1. The van der Waals surface area contributed by atoms with Crippen molar-refractivity contribution in [3.63, 3.8) is 0 Å². The summed E-state index contributed by atoms with van der Waals surface area (Å²) in [6.45, 7) is 2.14. The Bertz CT molecular complexity index is 298. The van der Waals surface area contributed by atoms with Crippen LogP contribution >= 0.6 is 0 Å². The molecule has 3 nitrogen and oxygen atoms in total. The molecule has 0 amide bonds. The number of rotatable bonds is 6. The van der Waals surface area contributed by atoms with E-state index in [2.05, 4.69) is 11.9 Å². The highest BCUT2D eigenvalue weighted by Crippen LogP contribution is 2.07. The molecular formula is C12H18N2O. The summed E-state index contributed by atoms with van der Waals surface area (Å²) in [6.07, 6.45) is 7.31. The number of pyridine rings is 1. The minimum Gasteiger partial charge on any atom is -0.321 e. The molecule has 0 radical (unpaired) electrons. The van der Waals surface area contributed by atoms with Crippen LogP contribution in [0.3, 0.4) is 0 Å². The normalized spacial score (nSPS) is 12.4. The highest BCUT2D eigenvalue weighted by molar-refractivity contribution is 5.99. The molecule has 0 aromatic carbocycles. The van der Waals surface area contributed by atoms with E-state index in [0.717, 1.165) is 25.7 Å². The van der Waals surface area contributed by atoms with E-state index in [1.807, 2.05) is 0 Å². The zero-order valence-electron chi connectivity index (χ0n) is 9.15. The van der Waals surface area contributed by atoms with Gasteiger partial charge in [0.05, 0.1) is 6.04 Å². The Hall–Kier alpha value is -1.22. The van der Waals surface area contributed by atoms with E-state index in [-0.39, 0.29) is 11.8 Å². The van der Waals surface area contributed by atoms with Crippen LogP contribution in [0.15, 0.2) is 24.5 Å². The topological polar surface area (TPSA) is 56.0 Å². The summed E-state index contributed by atoms with van der Waals surface area (Å²) in [5, 5.41) is 0. The van der Waals surface area contributed by atoms with Crippen LogP contribution < -0.4 is 5.73 Å². The van der Waals surface area contributed by atoms with Gasteiger partial charge < -0.3 is 5.73 Å². The fraction of sp³-hybridized carbons (Fsp3) is 0.500. The van der Waals surface area contributed by atoms with Crippen molar-refractivity contribution in [2.75, 3.05) is 0 Å². The maximum absolute atomic E-state index is 11.8. The van der Waals surface area contributed by atoms with E-state index in [0.29, 0.717) is 5.56 Å². The largest absolute Gasteiger partial charge is 0.321 e. The highest BCUT2D eigenvalue weighted by Gasteiger charge is 2.14. The summed E-state index contributed by atoms with van der Waals surface area (Å²) in [5.41, 5.74) is 6.48. The Labute approximate surface area is 90.7 Å². The van der Waals surface area contributed by atoms with Crippen LogP contribution in [-0.4, -0.2) is 16.8 Å². The smallest absolute Gasteiger partial charge is 0.179 e. The summed E-state index contributed by atoms with van der Waals surface area (Å²) >= 11 is 0. The van der Waals surface area contributed by atoms with E-state index in [1.165, 1.54) is 0 Å². The van der Waals surface area contributed by atoms with E-state index >= 15 is 0 Å². The Morgan fingerprint density at radius 3 is 2.67 bits per heavy atom. The van der Waals surface area contributed by atoms with Crippen LogP contribution in [0.1, 0.15) is 43.0 Å². The first kappa shape index (κ1) is 11.9. The van der Waals surface area contributed by atoms with E-state index in [1.54, 1.807) is 24.5 Å². The number of hydrogen-bond donors (Lipinski definition) is 1. The average Bonchev–Trinajstić information content (AvgIpc) is 2.29. The Morgan fingerprint density at radius 1 is 1.40 bits per heavy atom. The lowest BCUT2D eigenvalue weighted by Gasteiger charge is -2.09. The SMILES string of the molecule is CCCCCC(N)C(=O)c1ccncc1. The van der Waals surface area contributed by atoms with Gasteiger partial charge in [0.2, 0.25) is 0 Å². The molecular weight excluding hydrogens is 188 g/mol. The van der Waals surface area contributed by atoms with Gasteiger partial charge in [0.1, 0.15) is 0 Å². The summed E-state index contributed by atoms with van der Waals surface area (Å²) in [4.78, 5) is 15.7. The number of aromatic nitrogens is 1. The average molecular weight is 206 g/mol. The molecule has 0 aliphatic rings. The number of carbonyl (C=O) groups excluding carboxylic acids is 1. The van der Waals surface area contributed by atoms with Crippen LogP contribution in [0, 0.1) is 0 Å². The fourth-order valence-electron chi connectivity index (χ4n) is 1.48. The summed E-state index contributed by atoms with van der Waals surface area (Å²) in [7, 11) is 0. The second kappa shape index (κ2) is 6.30. The maximum Gasteiger partial charge on any atom is 0.179 e. The second-order valence-electron chi connectivity index (χ2n) is 3.70. The van der Waals surface area contributed by atoms with Gasteiger partial charge >= 0.3 is 0 Å². The predicted octanol–water partition coefficient (Wildman–Crippen LogP) is 2.17. The van der Waals surface area contributed by atoms with E-state index < -0.39 is 0 Å². The third kappa shape index (κ3) is 3.80. The molecule has 0 bridgehead atoms. The van der Waals surface area contributed by atoms with Crippen molar-refractivity contribution in [1.29, 1.82) is 0 Å². The van der Waals surface area contributed by atoms with Crippen molar-refractivity contribution in [3.8, 4) is 0 Å². The minimum absolute atomic E-state index is 0.0218. The Morgan fingerprint density at radius 2 is 2.07 bits per heavy atom. The number of hydrogen-bond acceptors (Lipinski definition) is 3. The Kier molecular flexibility index (Phi) is 4.98. The zero-order chi connectivity index (χ0) is 11.1. The molecule has 1 heterocycles. The first-order chi connectivity index (χ1) is 7.25. The van der Waals surface area contributed by atoms with Crippen molar-refractivity contribution < 1.29 is 4.79 Å². The quantitative estimate of drug-likeness (QED) is 0.573. The van der Waals surface area contributed by atoms with Crippen molar-refractivity contribution in [3.05, 3.63) is 30.1 Å². The van der Waals surface area contributed by atoms with E-state index in [4.69, 9.17) is 5.73 Å². The zero-order valence-corrected chi connectivity index (χ0v) is 9.15. The van der Waals surface area contributed by atoms with E-state index in [9.17, 15) is 4.79 Å². The first-order valence-electron chi connectivity index (χ1n) is 5.45. The lowest BCUT2D eigenvalue weighted by Crippen LogP contribution is -2.30. The standard InChI is InChI=1S/C12H18N2O/c1-2-3-4-5-11(13)12(15)10-6-8-14-9-7-10/h6-9,11H,2-5,13H2,1H3. The van der Waals surface area contributed by atoms with Gasteiger partial charge in [-0.3, -0.25) is 9.78 Å². The monoisotopic (exact) mass is 206 g/mol. The third-order valence-corrected chi connectivity index (χ3v) is 2.42. The molecule has 1 atom stereocenters. The molecule has 0 saturated carbocycles. The molecule has 0 aliphatic heterocycles. The van der Waals surface area contributed by atoms with Gasteiger partial charge in [0.15, 0.2) is 5.78 Å². The summed E-state index contributed by atoms with van der Waals surface area (Å²) < 4.78 is 0. The lowest BCUT2D eigenvalue weighted by molar-refractivity contribution is 0.0956. The van der Waals surface area contributed by atoms with Gasteiger partial charge in [0, 0.05) is 18.0 Å². The maximum atomic E-state index is 11.8. The van der Waals surface area contributed by atoms with Gasteiger partial charge in [-0.2, -0.15) is 0 Å². The van der Waals surface area contributed by atoms with Crippen molar-refractivity contribution in [2.24, 2.45) is 5.73 Å². The molecule has 0 spiro atoms. The van der Waals surface area contributed by atoms with Crippen LogP contribution in [0.2, 0.25) is 0 Å². The van der Waals surface area contributed by atoms with Gasteiger partial charge in [-0.1, -0.05) is 26.2 Å². The molecule has 0 fully saturated rings. The molecule has 1 unspecified atom stereocenters. The van der Waals surface area contributed by atoms with Gasteiger partial charge in [-0.15, -0.1) is 0 Å². The number of nitrogens with two attached hydrogens (primary N) is 1. The summed E-state index contributed by atoms with van der Waals surface area (Å²) in [6, 6.07) is 3.06. The number of carbonyl (C=O) groups is 1. The van der Waals surface area contributed by atoms with Gasteiger partial charge in [0.25, 0.3) is 0 Å². The third-order valence-electron chi connectivity index (χ3n) is 2.42. The predicted molar refractivity (Wildman–Crippen MR) is 60.7 cm³/mol. The minimum atomic E-state index is -0.362. The van der Waals surface area contributed by atoms with Crippen LogP contribution in [-0.2, 0) is 0 Å². The number of unbranched alkanes of at least 4 members (excludes halogenated alkanes) is 2. The first-order valence-corrected chi connectivity index (χ1v) is 5.45. The molecule has 2 N–H and O–H groups in total. The number of Topliss-reactive ketones (excluding diaryl/α,β-unsaturated/α-hetero) is 1. The molecule has 82 valence electrons. The molecule has 0 saturated heterocycles. The van der Waals surface area contributed by atoms with Crippen LogP contribution in [0.25, 0.3) is 0 Å². The van der Waals surface area contributed by atoms with Gasteiger partial charge in [-0.05, 0) is 18.6 Å².